The average Bonchev–Trinajstić information content (AvgIpc) is 3.10. The van der Waals surface area contributed by atoms with Gasteiger partial charge in [-0.3, -0.25) is 0 Å². The number of rotatable bonds is 4. The molecule has 0 atom stereocenters. The van der Waals surface area contributed by atoms with Crippen molar-refractivity contribution in [3.05, 3.63) is 163 Å². The summed E-state index contributed by atoms with van der Waals surface area (Å²) in [6.45, 7) is 2.17. The first-order valence-corrected chi connectivity index (χ1v) is 15.5. The van der Waals surface area contributed by atoms with Gasteiger partial charge in [-0.15, -0.1) is 0 Å². The molecule has 0 radical (unpaired) electrons. The fourth-order valence-corrected chi connectivity index (χ4v) is 7.21. The van der Waals surface area contributed by atoms with Crippen LogP contribution in [0.25, 0.3) is 10.8 Å². The molecule has 0 spiro atoms. The highest BCUT2D eigenvalue weighted by molar-refractivity contribution is 7.00. The highest BCUT2D eigenvalue weighted by Crippen LogP contribution is 2.46. The van der Waals surface area contributed by atoms with Crippen LogP contribution < -0.4 is 30.9 Å². The summed E-state index contributed by atoms with van der Waals surface area (Å²) in [7, 11) is 0. The van der Waals surface area contributed by atoms with Crippen LogP contribution in [-0.2, 0) is 0 Å². The van der Waals surface area contributed by atoms with E-state index in [4.69, 9.17) is 4.74 Å². The highest BCUT2D eigenvalue weighted by atomic mass is 16.5. The van der Waals surface area contributed by atoms with E-state index >= 15 is 0 Å². The summed E-state index contributed by atoms with van der Waals surface area (Å²) in [4.78, 5) is 4.82. The second-order valence-corrected chi connectivity index (χ2v) is 11.8. The molecule has 0 aromatic heterocycles. The molecule has 2 aliphatic rings. The van der Waals surface area contributed by atoms with Gasteiger partial charge in [-0.1, -0.05) is 103 Å². The predicted octanol–water partition coefficient (Wildman–Crippen LogP) is 9.02. The number of anilines is 6. The summed E-state index contributed by atoms with van der Waals surface area (Å²) >= 11 is 0. The summed E-state index contributed by atoms with van der Waals surface area (Å²) in [5.41, 5.74) is 11.8. The molecular formula is C41H29BN2O. The van der Waals surface area contributed by atoms with Gasteiger partial charge in [0.15, 0.2) is 0 Å². The second kappa shape index (κ2) is 10.2. The van der Waals surface area contributed by atoms with Crippen molar-refractivity contribution in [2.75, 3.05) is 9.80 Å². The van der Waals surface area contributed by atoms with Crippen molar-refractivity contribution in [2.45, 2.75) is 6.92 Å². The molecule has 0 fully saturated rings. The van der Waals surface area contributed by atoms with Gasteiger partial charge in [0, 0.05) is 33.8 Å². The first-order valence-electron chi connectivity index (χ1n) is 15.5. The van der Waals surface area contributed by atoms with E-state index in [9.17, 15) is 0 Å². The van der Waals surface area contributed by atoms with Crippen molar-refractivity contribution in [1.82, 2.24) is 0 Å². The van der Waals surface area contributed by atoms with Crippen LogP contribution in [-0.4, -0.2) is 6.71 Å². The molecule has 0 aliphatic carbocycles. The van der Waals surface area contributed by atoms with E-state index in [1.165, 1.54) is 38.4 Å². The molecule has 9 rings (SSSR count). The first-order chi connectivity index (χ1) is 22.3. The van der Waals surface area contributed by atoms with E-state index in [2.05, 4.69) is 174 Å². The fraction of sp³-hybridized carbons (Fsp3) is 0.0244. The van der Waals surface area contributed by atoms with Crippen LogP contribution in [0.1, 0.15) is 5.56 Å². The van der Waals surface area contributed by atoms with Crippen molar-refractivity contribution >= 4 is 68.0 Å². The zero-order chi connectivity index (χ0) is 29.9. The topological polar surface area (TPSA) is 15.7 Å². The maximum Gasteiger partial charge on any atom is 0.257 e. The zero-order valence-corrected chi connectivity index (χ0v) is 24.9. The Morgan fingerprint density at radius 2 is 1.16 bits per heavy atom. The van der Waals surface area contributed by atoms with Gasteiger partial charge >= 0.3 is 0 Å². The number of hydrogen-bond donors (Lipinski definition) is 0. The minimum Gasteiger partial charge on any atom is -0.458 e. The van der Waals surface area contributed by atoms with Crippen LogP contribution in [0.2, 0.25) is 0 Å². The lowest BCUT2D eigenvalue weighted by molar-refractivity contribution is 0.487. The number of ether oxygens (including phenoxy) is 1. The predicted molar refractivity (Wildman–Crippen MR) is 189 cm³/mol. The average molecular weight is 577 g/mol. The number of fused-ring (bicyclic) bond motifs is 6. The maximum absolute atomic E-state index is 6.60. The minimum atomic E-state index is 0.0266. The lowest BCUT2D eigenvalue weighted by Gasteiger charge is -2.41. The van der Waals surface area contributed by atoms with Gasteiger partial charge in [0.1, 0.15) is 11.5 Å². The lowest BCUT2D eigenvalue weighted by Crippen LogP contribution is -2.59. The Morgan fingerprint density at radius 1 is 0.533 bits per heavy atom. The molecule has 45 heavy (non-hydrogen) atoms. The normalized spacial score (nSPS) is 12.6. The summed E-state index contributed by atoms with van der Waals surface area (Å²) < 4.78 is 6.60. The standard InChI is InChI=1S/C41H29BN2O/c1-28-23-25-31(26-24-28)44-35-20-12-22-39-41(35)42(34-19-10-11-21-38(34)45-39)40-33-18-9-8-17-32(33)36(27-37(40)44)43(29-13-4-2-5-14-29)30-15-6-3-7-16-30/h2-27H,1H3. The van der Waals surface area contributed by atoms with Crippen LogP contribution in [0.3, 0.4) is 0 Å². The van der Waals surface area contributed by atoms with E-state index in [0.29, 0.717) is 0 Å². The molecule has 212 valence electrons. The molecule has 0 amide bonds. The summed E-state index contributed by atoms with van der Waals surface area (Å²) in [5, 5.41) is 2.44. The molecular weight excluding hydrogens is 547 g/mol. The van der Waals surface area contributed by atoms with Gasteiger partial charge in [0.05, 0.1) is 5.69 Å². The molecule has 0 unspecified atom stereocenters. The third-order valence-electron chi connectivity index (χ3n) is 9.16. The molecule has 0 saturated heterocycles. The van der Waals surface area contributed by atoms with Gasteiger partial charge in [-0.25, -0.2) is 0 Å². The molecule has 0 N–H and O–H groups in total. The summed E-state index contributed by atoms with van der Waals surface area (Å²) in [6.07, 6.45) is 0. The minimum absolute atomic E-state index is 0.0266. The molecule has 2 heterocycles. The zero-order valence-electron chi connectivity index (χ0n) is 24.9. The molecule has 7 aromatic carbocycles. The van der Waals surface area contributed by atoms with Crippen molar-refractivity contribution < 1.29 is 4.74 Å². The van der Waals surface area contributed by atoms with Crippen molar-refractivity contribution in [2.24, 2.45) is 0 Å². The van der Waals surface area contributed by atoms with Crippen LogP contribution in [0.15, 0.2) is 158 Å². The summed E-state index contributed by atoms with van der Waals surface area (Å²) in [5.74, 6) is 1.84. The van der Waals surface area contributed by atoms with Crippen molar-refractivity contribution in [1.29, 1.82) is 0 Å². The fourth-order valence-electron chi connectivity index (χ4n) is 7.21. The van der Waals surface area contributed by atoms with Gasteiger partial charge in [0.2, 0.25) is 0 Å². The Morgan fingerprint density at radius 3 is 1.89 bits per heavy atom. The summed E-state index contributed by atoms with van der Waals surface area (Å²) in [6, 6.07) is 56.5. The Kier molecular flexibility index (Phi) is 5.82. The number of nitrogens with zero attached hydrogens (tertiary/aromatic N) is 2. The number of hydrogen-bond acceptors (Lipinski definition) is 3. The van der Waals surface area contributed by atoms with Gasteiger partial charge in [-0.2, -0.15) is 0 Å². The molecule has 3 nitrogen and oxygen atoms in total. The monoisotopic (exact) mass is 576 g/mol. The molecule has 0 saturated carbocycles. The molecule has 2 aliphatic heterocycles. The van der Waals surface area contributed by atoms with Crippen LogP contribution in [0.4, 0.5) is 34.1 Å². The van der Waals surface area contributed by atoms with Gasteiger partial charge in [0.25, 0.3) is 6.71 Å². The third-order valence-corrected chi connectivity index (χ3v) is 9.16. The molecule has 4 heteroatoms. The number of aryl methyl sites for hydroxylation is 1. The van der Waals surface area contributed by atoms with E-state index in [1.54, 1.807) is 0 Å². The van der Waals surface area contributed by atoms with Crippen molar-refractivity contribution in [3.63, 3.8) is 0 Å². The second-order valence-electron chi connectivity index (χ2n) is 11.8. The van der Waals surface area contributed by atoms with E-state index in [0.717, 1.165) is 39.9 Å². The first kappa shape index (κ1) is 25.7. The Bertz CT molecular complexity index is 2170. The molecule has 7 aromatic rings. The van der Waals surface area contributed by atoms with Crippen LogP contribution >= 0.6 is 0 Å². The largest absolute Gasteiger partial charge is 0.458 e. The van der Waals surface area contributed by atoms with Crippen LogP contribution in [0, 0.1) is 6.92 Å². The SMILES string of the molecule is Cc1ccc(N2c3cccc4c3B(c3ccccc3O4)c3c2cc(N(c2ccccc2)c2ccccc2)c2ccccc32)cc1. The smallest absolute Gasteiger partial charge is 0.257 e. The Balaban J connectivity index is 1.42. The van der Waals surface area contributed by atoms with E-state index in [-0.39, 0.29) is 6.71 Å². The van der Waals surface area contributed by atoms with Crippen LogP contribution in [0.5, 0.6) is 11.5 Å². The van der Waals surface area contributed by atoms with Crippen molar-refractivity contribution in [3.8, 4) is 11.5 Å². The number of benzene rings is 7. The van der Waals surface area contributed by atoms with Gasteiger partial charge < -0.3 is 14.5 Å². The highest BCUT2D eigenvalue weighted by Gasteiger charge is 2.43. The third kappa shape index (κ3) is 3.99. The Hall–Kier alpha value is -5.74. The number of para-hydroxylation sites is 3. The quantitative estimate of drug-likeness (QED) is 0.195. The van der Waals surface area contributed by atoms with E-state index in [1.807, 2.05) is 0 Å². The van der Waals surface area contributed by atoms with Gasteiger partial charge in [-0.05, 0) is 89.4 Å². The lowest BCUT2D eigenvalue weighted by atomic mass is 9.33. The maximum atomic E-state index is 6.60. The molecule has 0 bridgehead atoms. The Labute approximate surface area is 263 Å². The van der Waals surface area contributed by atoms with E-state index < -0.39 is 0 Å².